The van der Waals surface area contributed by atoms with Gasteiger partial charge < -0.3 is 5.73 Å². The highest BCUT2D eigenvalue weighted by molar-refractivity contribution is 6.30. The van der Waals surface area contributed by atoms with Crippen molar-refractivity contribution in [2.24, 2.45) is 5.73 Å². The largest absolute Gasteiger partial charge is 0.328 e. The third-order valence-electron chi connectivity index (χ3n) is 3.26. The van der Waals surface area contributed by atoms with Crippen molar-refractivity contribution >= 4 is 29.7 Å². The van der Waals surface area contributed by atoms with Crippen LogP contribution in [-0.2, 0) is 6.54 Å². The molecule has 0 radical (unpaired) electrons. The number of nitro groups is 1. The van der Waals surface area contributed by atoms with Gasteiger partial charge in [0, 0.05) is 29.2 Å². The predicted octanol–water partition coefficient (Wildman–Crippen LogP) is 2.59. The first-order valence-corrected chi connectivity index (χ1v) is 6.35. The van der Waals surface area contributed by atoms with Crippen LogP contribution in [-0.4, -0.2) is 29.0 Å². The van der Waals surface area contributed by atoms with E-state index in [9.17, 15) is 10.1 Å². The third-order valence-corrected chi connectivity index (χ3v) is 3.50. The van der Waals surface area contributed by atoms with Crippen LogP contribution in [0.25, 0.3) is 0 Å². The molecule has 2 N–H and O–H groups in total. The van der Waals surface area contributed by atoms with Gasteiger partial charge in [0.25, 0.3) is 5.69 Å². The molecule has 0 amide bonds. The SMILES string of the molecule is Cl.NC1CCN(Cc2cc(Cl)ccc2[N+](=O)[O-])CC1. The molecule has 2 rings (SSSR count). The number of likely N-dealkylation sites (tertiary alicyclic amines) is 1. The van der Waals surface area contributed by atoms with Crippen molar-refractivity contribution in [3.63, 3.8) is 0 Å². The maximum Gasteiger partial charge on any atom is 0.273 e. The fourth-order valence-electron chi connectivity index (χ4n) is 2.21. The highest BCUT2D eigenvalue weighted by atomic mass is 35.5. The lowest BCUT2D eigenvalue weighted by Gasteiger charge is -2.29. The molecule has 1 saturated heterocycles. The number of hydrogen-bond donors (Lipinski definition) is 1. The van der Waals surface area contributed by atoms with Gasteiger partial charge in [-0.3, -0.25) is 15.0 Å². The second kappa shape index (κ2) is 7.05. The van der Waals surface area contributed by atoms with Gasteiger partial charge in [0.2, 0.25) is 0 Å². The van der Waals surface area contributed by atoms with E-state index < -0.39 is 0 Å². The van der Waals surface area contributed by atoms with Gasteiger partial charge in [-0.2, -0.15) is 0 Å². The first-order valence-electron chi connectivity index (χ1n) is 5.97. The molecule has 1 fully saturated rings. The second-order valence-corrected chi connectivity index (χ2v) is 5.08. The van der Waals surface area contributed by atoms with E-state index in [2.05, 4.69) is 4.90 Å². The molecule has 0 spiro atoms. The van der Waals surface area contributed by atoms with E-state index >= 15 is 0 Å². The summed E-state index contributed by atoms with van der Waals surface area (Å²) in [4.78, 5) is 12.8. The lowest BCUT2D eigenvalue weighted by Crippen LogP contribution is -2.39. The van der Waals surface area contributed by atoms with Gasteiger partial charge >= 0.3 is 0 Å². The van der Waals surface area contributed by atoms with Crippen molar-refractivity contribution < 1.29 is 4.92 Å². The Morgan fingerprint density at radius 1 is 1.42 bits per heavy atom. The zero-order valence-corrected chi connectivity index (χ0v) is 12.0. The quantitative estimate of drug-likeness (QED) is 0.688. The summed E-state index contributed by atoms with van der Waals surface area (Å²) in [6, 6.07) is 4.95. The Balaban J connectivity index is 0.00000180. The molecule has 0 saturated carbocycles. The number of nitro benzene ring substituents is 1. The zero-order chi connectivity index (χ0) is 13.1. The van der Waals surface area contributed by atoms with Crippen molar-refractivity contribution in [2.75, 3.05) is 13.1 Å². The minimum Gasteiger partial charge on any atom is -0.328 e. The van der Waals surface area contributed by atoms with E-state index in [0.29, 0.717) is 17.1 Å². The van der Waals surface area contributed by atoms with Crippen molar-refractivity contribution in [1.82, 2.24) is 4.90 Å². The zero-order valence-electron chi connectivity index (χ0n) is 10.4. The van der Waals surface area contributed by atoms with Crippen LogP contribution in [0, 0.1) is 10.1 Å². The van der Waals surface area contributed by atoms with Gasteiger partial charge in [0.15, 0.2) is 0 Å². The molecule has 1 heterocycles. The summed E-state index contributed by atoms with van der Waals surface area (Å²) in [7, 11) is 0. The van der Waals surface area contributed by atoms with E-state index in [1.54, 1.807) is 12.1 Å². The van der Waals surface area contributed by atoms with Crippen molar-refractivity contribution in [3.8, 4) is 0 Å². The number of nitrogens with two attached hydrogens (primary N) is 1. The van der Waals surface area contributed by atoms with Crippen LogP contribution in [0.15, 0.2) is 18.2 Å². The minimum atomic E-state index is -0.360. The van der Waals surface area contributed by atoms with Crippen molar-refractivity contribution in [3.05, 3.63) is 38.9 Å². The number of benzene rings is 1. The molecule has 1 aromatic carbocycles. The van der Waals surface area contributed by atoms with Crippen LogP contribution in [0.2, 0.25) is 5.02 Å². The van der Waals surface area contributed by atoms with Crippen LogP contribution < -0.4 is 5.73 Å². The van der Waals surface area contributed by atoms with Gasteiger partial charge in [-0.05, 0) is 38.1 Å². The van der Waals surface area contributed by atoms with E-state index in [0.717, 1.165) is 25.9 Å². The molecule has 0 aliphatic carbocycles. The van der Waals surface area contributed by atoms with E-state index in [-0.39, 0.29) is 29.1 Å². The van der Waals surface area contributed by atoms with Gasteiger partial charge in [0.05, 0.1) is 4.92 Å². The molecule has 7 heteroatoms. The maximum absolute atomic E-state index is 11.0. The summed E-state index contributed by atoms with van der Waals surface area (Å²) in [5.41, 5.74) is 6.64. The average Bonchev–Trinajstić information content (AvgIpc) is 2.32. The van der Waals surface area contributed by atoms with E-state index in [1.807, 2.05) is 0 Å². The highest BCUT2D eigenvalue weighted by Gasteiger charge is 2.20. The Morgan fingerprint density at radius 3 is 2.63 bits per heavy atom. The number of halogens is 2. The number of nitrogens with zero attached hydrogens (tertiary/aromatic N) is 2. The minimum absolute atomic E-state index is 0. The summed E-state index contributed by atoms with van der Waals surface area (Å²) in [6.45, 7) is 2.32. The normalized spacial score (nSPS) is 16.9. The molecule has 1 aliphatic heterocycles. The van der Waals surface area contributed by atoms with Gasteiger partial charge in [-0.15, -0.1) is 12.4 Å². The first kappa shape index (κ1) is 16.2. The molecular formula is C12H17Cl2N3O2. The Morgan fingerprint density at radius 2 is 2.05 bits per heavy atom. The van der Waals surface area contributed by atoms with Gasteiger partial charge in [0.1, 0.15) is 0 Å². The molecule has 106 valence electrons. The lowest BCUT2D eigenvalue weighted by atomic mass is 10.0. The van der Waals surface area contributed by atoms with Gasteiger partial charge in [-0.1, -0.05) is 11.6 Å². The van der Waals surface area contributed by atoms with Crippen LogP contribution in [0.1, 0.15) is 18.4 Å². The molecule has 0 bridgehead atoms. The molecule has 5 nitrogen and oxygen atoms in total. The van der Waals surface area contributed by atoms with Crippen LogP contribution in [0.4, 0.5) is 5.69 Å². The predicted molar refractivity (Wildman–Crippen MR) is 77.8 cm³/mol. The molecular weight excluding hydrogens is 289 g/mol. The van der Waals surface area contributed by atoms with Crippen LogP contribution >= 0.6 is 24.0 Å². The van der Waals surface area contributed by atoms with Crippen molar-refractivity contribution in [2.45, 2.75) is 25.4 Å². The fourth-order valence-corrected chi connectivity index (χ4v) is 2.41. The Hall–Kier alpha value is -0.880. The lowest BCUT2D eigenvalue weighted by molar-refractivity contribution is -0.385. The summed E-state index contributed by atoms with van der Waals surface area (Å²) < 4.78 is 0. The summed E-state index contributed by atoms with van der Waals surface area (Å²) in [6.07, 6.45) is 1.88. The maximum atomic E-state index is 11.0. The highest BCUT2D eigenvalue weighted by Crippen LogP contribution is 2.25. The molecule has 0 unspecified atom stereocenters. The standard InChI is InChI=1S/C12H16ClN3O2.ClH/c13-10-1-2-12(16(17)18)9(7-10)8-15-5-3-11(14)4-6-15;/h1-2,7,11H,3-6,8,14H2;1H. The average molecular weight is 306 g/mol. The number of rotatable bonds is 3. The number of piperidine rings is 1. The van der Waals surface area contributed by atoms with Crippen LogP contribution in [0.5, 0.6) is 0 Å². The third kappa shape index (κ3) is 4.31. The molecule has 19 heavy (non-hydrogen) atoms. The molecule has 0 aromatic heterocycles. The van der Waals surface area contributed by atoms with Crippen molar-refractivity contribution in [1.29, 1.82) is 0 Å². The summed E-state index contributed by atoms with van der Waals surface area (Å²) >= 11 is 5.90. The smallest absolute Gasteiger partial charge is 0.273 e. The second-order valence-electron chi connectivity index (χ2n) is 4.64. The number of hydrogen-bond acceptors (Lipinski definition) is 4. The Labute approximate surface area is 123 Å². The Kier molecular flexibility index (Phi) is 6.00. The fraction of sp³-hybridized carbons (Fsp3) is 0.500. The Bertz CT molecular complexity index is 449. The molecule has 0 atom stereocenters. The summed E-state index contributed by atoms with van der Waals surface area (Å²) in [5, 5.41) is 11.5. The first-order chi connectivity index (χ1) is 8.56. The topological polar surface area (TPSA) is 72.4 Å². The van der Waals surface area contributed by atoms with Gasteiger partial charge in [-0.25, -0.2) is 0 Å². The molecule has 1 aromatic rings. The summed E-state index contributed by atoms with van der Waals surface area (Å²) in [5.74, 6) is 0. The monoisotopic (exact) mass is 305 g/mol. The molecule has 1 aliphatic rings. The van der Waals surface area contributed by atoms with E-state index in [1.165, 1.54) is 6.07 Å². The van der Waals surface area contributed by atoms with E-state index in [4.69, 9.17) is 17.3 Å². The van der Waals surface area contributed by atoms with Crippen LogP contribution in [0.3, 0.4) is 0 Å².